The van der Waals surface area contributed by atoms with Crippen LogP contribution >= 0.6 is 0 Å². The third-order valence-electron chi connectivity index (χ3n) is 4.25. The van der Waals surface area contributed by atoms with E-state index < -0.39 is 0 Å². The Labute approximate surface area is 95.1 Å². The number of hydrogen-bond acceptors (Lipinski definition) is 0. The van der Waals surface area contributed by atoms with Crippen LogP contribution in [-0.2, 0) is 0 Å². The standard InChI is InChI=1S/C15H25/c1-11-6-5-7-12(2)14-10-15(3,4)9-13(14)8-11/h6,11,13H,5,7-10H2,1-4H3/q+1/b14-12-. The van der Waals surface area contributed by atoms with Crippen molar-refractivity contribution in [2.75, 3.05) is 0 Å². The largest absolute Gasteiger partial charge is 0.0955 e. The van der Waals surface area contributed by atoms with E-state index in [0.29, 0.717) is 5.41 Å². The highest BCUT2D eigenvalue weighted by Crippen LogP contribution is 2.49. The molecular formula is C15H25+. The highest BCUT2D eigenvalue weighted by molar-refractivity contribution is 5.23. The van der Waals surface area contributed by atoms with E-state index in [1.54, 1.807) is 5.57 Å². The Bertz CT molecular complexity index is 270. The van der Waals surface area contributed by atoms with Gasteiger partial charge >= 0.3 is 0 Å². The zero-order valence-electron chi connectivity index (χ0n) is 10.8. The van der Waals surface area contributed by atoms with Crippen molar-refractivity contribution in [3.63, 3.8) is 0 Å². The number of allylic oxidation sites excluding steroid dienone is 2. The Morgan fingerprint density at radius 1 is 1.33 bits per heavy atom. The van der Waals surface area contributed by atoms with E-state index in [2.05, 4.69) is 34.1 Å². The molecule has 0 aromatic heterocycles. The molecule has 0 aliphatic heterocycles. The first-order valence-corrected chi connectivity index (χ1v) is 6.50. The highest BCUT2D eigenvalue weighted by atomic mass is 14.4. The average molecular weight is 205 g/mol. The maximum absolute atomic E-state index is 2.53. The van der Waals surface area contributed by atoms with Gasteiger partial charge in [0.15, 0.2) is 0 Å². The van der Waals surface area contributed by atoms with Gasteiger partial charge in [0.25, 0.3) is 0 Å². The Morgan fingerprint density at radius 3 is 2.80 bits per heavy atom. The summed E-state index contributed by atoms with van der Waals surface area (Å²) in [6.45, 7) is 9.64. The summed E-state index contributed by atoms with van der Waals surface area (Å²) in [6.07, 6.45) is 9.31. The van der Waals surface area contributed by atoms with Gasteiger partial charge in [0, 0.05) is 6.42 Å². The summed E-state index contributed by atoms with van der Waals surface area (Å²) in [6, 6.07) is 0. The molecule has 2 atom stereocenters. The molecule has 2 rings (SSSR count). The van der Waals surface area contributed by atoms with Crippen LogP contribution in [0.2, 0.25) is 0 Å². The van der Waals surface area contributed by atoms with Gasteiger partial charge in [-0.3, -0.25) is 0 Å². The molecule has 0 amide bonds. The molecule has 1 saturated carbocycles. The Kier molecular flexibility index (Phi) is 2.87. The van der Waals surface area contributed by atoms with E-state index in [-0.39, 0.29) is 0 Å². The summed E-state index contributed by atoms with van der Waals surface area (Å²) < 4.78 is 0. The monoisotopic (exact) mass is 205 g/mol. The molecule has 2 unspecified atom stereocenters. The molecule has 0 heteroatoms. The van der Waals surface area contributed by atoms with Crippen molar-refractivity contribution in [2.45, 2.75) is 59.8 Å². The molecule has 0 N–H and O–H groups in total. The van der Waals surface area contributed by atoms with Gasteiger partial charge in [0.05, 0.1) is 18.8 Å². The van der Waals surface area contributed by atoms with E-state index in [0.717, 1.165) is 11.8 Å². The Hall–Kier alpha value is -0.390. The van der Waals surface area contributed by atoms with Crippen molar-refractivity contribution in [3.05, 3.63) is 17.6 Å². The van der Waals surface area contributed by atoms with Crippen LogP contribution in [0.3, 0.4) is 0 Å². The molecule has 2 aliphatic rings. The lowest BCUT2D eigenvalue weighted by Gasteiger charge is -2.19. The second-order valence-electron chi connectivity index (χ2n) is 6.53. The van der Waals surface area contributed by atoms with Crippen molar-refractivity contribution in [1.29, 1.82) is 0 Å². The molecule has 84 valence electrons. The molecule has 0 aromatic carbocycles. The van der Waals surface area contributed by atoms with E-state index in [1.807, 2.05) is 5.57 Å². The average Bonchev–Trinajstić information content (AvgIpc) is 2.39. The van der Waals surface area contributed by atoms with Crippen molar-refractivity contribution in [2.24, 2.45) is 17.3 Å². The predicted octanol–water partition coefficient (Wildman–Crippen LogP) is 4.76. The molecule has 0 nitrogen and oxygen atoms in total. The second kappa shape index (κ2) is 3.88. The first-order valence-electron chi connectivity index (χ1n) is 6.50. The van der Waals surface area contributed by atoms with E-state index in [9.17, 15) is 0 Å². The maximum Gasteiger partial charge on any atom is 0.0955 e. The molecule has 1 fully saturated rings. The predicted molar refractivity (Wildman–Crippen MR) is 66.5 cm³/mol. The SMILES string of the molecule is C/C1=C2\CC(C)(C)CC2CC(C)[CH+]CC1. The minimum atomic E-state index is 0.561. The Balaban J connectivity index is 2.23. The van der Waals surface area contributed by atoms with Crippen LogP contribution in [0.1, 0.15) is 59.8 Å². The lowest BCUT2D eigenvalue weighted by Crippen LogP contribution is -2.10. The van der Waals surface area contributed by atoms with Crippen molar-refractivity contribution in [3.8, 4) is 0 Å². The third-order valence-corrected chi connectivity index (χ3v) is 4.25. The summed E-state index contributed by atoms with van der Waals surface area (Å²) in [4.78, 5) is 0. The van der Waals surface area contributed by atoms with Crippen LogP contribution in [-0.4, -0.2) is 0 Å². The summed E-state index contributed by atoms with van der Waals surface area (Å²) >= 11 is 0. The van der Waals surface area contributed by atoms with E-state index in [1.165, 1.54) is 32.1 Å². The molecule has 0 radical (unpaired) electrons. The lowest BCUT2D eigenvalue weighted by molar-refractivity contribution is 0.340. The molecule has 0 aromatic rings. The van der Waals surface area contributed by atoms with Crippen LogP contribution in [0.5, 0.6) is 0 Å². The zero-order chi connectivity index (χ0) is 11.1. The molecule has 0 heterocycles. The number of hydrogen-bond donors (Lipinski definition) is 0. The topological polar surface area (TPSA) is 0 Å². The van der Waals surface area contributed by atoms with Crippen LogP contribution in [0.25, 0.3) is 0 Å². The summed E-state index contributed by atoms with van der Waals surface area (Å²) in [5, 5.41) is 0. The number of fused-ring (bicyclic) bond motifs is 1. The summed E-state index contributed by atoms with van der Waals surface area (Å²) in [5.41, 5.74) is 4.08. The lowest BCUT2D eigenvalue weighted by atomic mass is 9.82. The van der Waals surface area contributed by atoms with Crippen molar-refractivity contribution >= 4 is 0 Å². The van der Waals surface area contributed by atoms with Gasteiger partial charge in [0.2, 0.25) is 0 Å². The highest BCUT2D eigenvalue weighted by Gasteiger charge is 2.38. The smallest absolute Gasteiger partial charge is 0.0696 e. The third kappa shape index (κ3) is 2.41. The molecular weight excluding hydrogens is 180 g/mol. The van der Waals surface area contributed by atoms with Crippen LogP contribution in [0.4, 0.5) is 0 Å². The van der Waals surface area contributed by atoms with Gasteiger partial charge in [-0.1, -0.05) is 25.0 Å². The van der Waals surface area contributed by atoms with Gasteiger partial charge in [-0.25, -0.2) is 0 Å². The Morgan fingerprint density at radius 2 is 2.07 bits per heavy atom. The first-order chi connectivity index (χ1) is 6.98. The molecule has 15 heavy (non-hydrogen) atoms. The van der Waals surface area contributed by atoms with Crippen molar-refractivity contribution in [1.82, 2.24) is 0 Å². The minimum absolute atomic E-state index is 0.561. The second-order valence-corrected chi connectivity index (χ2v) is 6.53. The summed E-state index contributed by atoms with van der Waals surface area (Å²) in [5.74, 6) is 1.72. The molecule has 2 aliphatic carbocycles. The fourth-order valence-electron chi connectivity index (χ4n) is 3.54. The fraction of sp³-hybridized carbons (Fsp3) is 0.800. The van der Waals surface area contributed by atoms with Crippen molar-refractivity contribution < 1.29 is 0 Å². The van der Waals surface area contributed by atoms with Gasteiger partial charge in [0.1, 0.15) is 0 Å². The van der Waals surface area contributed by atoms with Crippen LogP contribution < -0.4 is 0 Å². The van der Waals surface area contributed by atoms with Gasteiger partial charge in [-0.05, 0) is 44.4 Å². The molecule has 0 bridgehead atoms. The quantitative estimate of drug-likeness (QED) is 0.395. The van der Waals surface area contributed by atoms with Crippen LogP contribution in [0, 0.1) is 23.7 Å². The van der Waals surface area contributed by atoms with E-state index in [4.69, 9.17) is 0 Å². The number of rotatable bonds is 0. The van der Waals surface area contributed by atoms with Gasteiger partial charge in [-0.2, -0.15) is 0 Å². The van der Waals surface area contributed by atoms with Gasteiger partial charge in [-0.15, -0.1) is 0 Å². The fourth-order valence-corrected chi connectivity index (χ4v) is 3.54. The molecule has 0 saturated heterocycles. The first kappa shape index (κ1) is 11.1. The van der Waals surface area contributed by atoms with E-state index >= 15 is 0 Å². The minimum Gasteiger partial charge on any atom is -0.0696 e. The normalized spacial score (nSPS) is 40.3. The zero-order valence-corrected chi connectivity index (χ0v) is 10.8. The molecule has 0 spiro atoms. The van der Waals surface area contributed by atoms with Gasteiger partial charge < -0.3 is 0 Å². The maximum atomic E-state index is 2.53. The van der Waals surface area contributed by atoms with Crippen LogP contribution in [0.15, 0.2) is 11.1 Å². The summed E-state index contributed by atoms with van der Waals surface area (Å²) in [7, 11) is 0.